The first-order chi connectivity index (χ1) is 13.7. The summed E-state index contributed by atoms with van der Waals surface area (Å²) in [5.41, 5.74) is 3.76. The van der Waals surface area contributed by atoms with E-state index in [9.17, 15) is 13.2 Å². The van der Waals surface area contributed by atoms with E-state index in [0.29, 0.717) is 44.2 Å². The van der Waals surface area contributed by atoms with Gasteiger partial charge in [-0.15, -0.1) is 6.58 Å². The van der Waals surface area contributed by atoms with E-state index in [1.54, 1.807) is 12.1 Å². The molecule has 0 spiro atoms. The summed E-state index contributed by atoms with van der Waals surface area (Å²) in [6.07, 6.45) is 1.82. The molecule has 1 aliphatic heterocycles. The molecule has 0 radical (unpaired) electrons. The number of piperazine rings is 1. The monoisotopic (exact) mass is 415 g/mol. The van der Waals surface area contributed by atoms with E-state index in [0.717, 1.165) is 22.5 Å². The Morgan fingerprint density at radius 2 is 1.69 bits per heavy atom. The highest BCUT2D eigenvalue weighted by Gasteiger charge is 2.29. The maximum atomic E-state index is 12.8. The van der Waals surface area contributed by atoms with Crippen molar-refractivity contribution in [1.29, 1.82) is 0 Å². The maximum absolute atomic E-state index is 12.8. The minimum atomic E-state index is -3.49. The fraction of sp³-hybridized carbons (Fsp3) is 0.409. The number of hydrogen-bond donors (Lipinski definition) is 0. The number of allylic oxidation sites excluding steroid dienone is 1. The van der Waals surface area contributed by atoms with Gasteiger partial charge in [0.05, 0.1) is 11.4 Å². The van der Waals surface area contributed by atoms with E-state index < -0.39 is 10.0 Å². The van der Waals surface area contributed by atoms with E-state index in [1.807, 2.05) is 49.9 Å². The second-order valence-electron chi connectivity index (χ2n) is 7.60. The molecule has 1 saturated heterocycles. The van der Waals surface area contributed by atoms with Crippen LogP contribution >= 0.6 is 0 Å². The van der Waals surface area contributed by atoms with Crippen LogP contribution in [0.15, 0.2) is 47.9 Å². The fourth-order valence-corrected chi connectivity index (χ4v) is 5.19. The lowest BCUT2D eigenvalue weighted by molar-refractivity contribution is 0.0901. The minimum Gasteiger partial charge on any atom is -0.345 e. The summed E-state index contributed by atoms with van der Waals surface area (Å²) in [4.78, 5) is 15.2. The highest BCUT2D eigenvalue weighted by molar-refractivity contribution is 7.89. The molecule has 1 fully saturated rings. The van der Waals surface area contributed by atoms with Gasteiger partial charge in [0.1, 0.15) is 0 Å². The second-order valence-corrected chi connectivity index (χ2v) is 9.54. The first-order valence-corrected chi connectivity index (χ1v) is 11.3. The molecule has 0 saturated carbocycles. The Morgan fingerprint density at radius 3 is 2.28 bits per heavy atom. The van der Waals surface area contributed by atoms with Gasteiger partial charge < -0.3 is 4.57 Å². The van der Waals surface area contributed by atoms with Crippen LogP contribution in [0.1, 0.15) is 27.3 Å². The predicted octanol–water partition coefficient (Wildman–Crippen LogP) is 2.79. The van der Waals surface area contributed by atoms with E-state index >= 15 is 0 Å². The lowest BCUT2D eigenvalue weighted by Gasteiger charge is -2.33. The molecule has 3 rings (SSSR count). The van der Waals surface area contributed by atoms with Crippen LogP contribution in [0.4, 0.5) is 0 Å². The molecule has 29 heavy (non-hydrogen) atoms. The van der Waals surface area contributed by atoms with Crippen LogP contribution in [0.5, 0.6) is 0 Å². The SMILES string of the molecule is C=CCn1c(C)cc(C(=O)CN2CCN(S(=O)(=O)c3ccc(C)cc3)CC2)c1C. The molecule has 0 unspecified atom stereocenters. The maximum Gasteiger partial charge on any atom is 0.243 e. The van der Waals surface area contributed by atoms with E-state index in [4.69, 9.17) is 0 Å². The molecule has 1 aliphatic rings. The summed E-state index contributed by atoms with van der Waals surface area (Å²) in [7, 11) is -3.49. The van der Waals surface area contributed by atoms with Crippen molar-refractivity contribution in [3.05, 3.63) is 65.5 Å². The number of sulfonamides is 1. The molecule has 156 valence electrons. The van der Waals surface area contributed by atoms with Crippen LogP contribution in [0.2, 0.25) is 0 Å². The number of carbonyl (C=O) groups excluding carboxylic acids is 1. The summed E-state index contributed by atoms with van der Waals surface area (Å²) < 4.78 is 29.2. The first kappa shape index (κ1) is 21.5. The Morgan fingerprint density at radius 1 is 1.07 bits per heavy atom. The van der Waals surface area contributed by atoms with Crippen LogP contribution in [-0.4, -0.2) is 60.7 Å². The van der Waals surface area contributed by atoms with E-state index in [-0.39, 0.29) is 5.78 Å². The molecule has 1 aromatic heterocycles. The van der Waals surface area contributed by atoms with Gasteiger partial charge in [0.2, 0.25) is 10.0 Å². The van der Waals surface area contributed by atoms with Gasteiger partial charge in [-0.05, 0) is 39.0 Å². The molecule has 0 bridgehead atoms. The number of ketones is 1. The van der Waals surface area contributed by atoms with Gasteiger partial charge in [0, 0.05) is 49.7 Å². The molecule has 2 heterocycles. The molecular formula is C22H29N3O3S. The smallest absolute Gasteiger partial charge is 0.243 e. The number of benzene rings is 1. The third-order valence-corrected chi connectivity index (χ3v) is 7.46. The standard InChI is InChI=1S/C22H29N3O3S/c1-5-10-25-18(3)15-21(19(25)4)22(26)16-23-11-13-24(14-12-23)29(27,28)20-8-6-17(2)7-9-20/h5-9,15H,1,10-14,16H2,2-4H3. The molecule has 7 heteroatoms. The number of hydrogen-bond acceptors (Lipinski definition) is 4. The molecule has 0 aliphatic carbocycles. The third-order valence-electron chi connectivity index (χ3n) is 5.54. The first-order valence-electron chi connectivity index (χ1n) is 9.84. The number of rotatable bonds is 7. The van der Waals surface area contributed by atoms with Crippen LogP contribution in [0, 0.1) is 20.8 Å². The largest absolute Gasteiger partial charge is 0.345 e. The van der Waals surface area contributed by atoms with Gasteiger partial charge in [-0.3, -0.25) is 9.69 Å². The second kappa shape index (κ2) is 8.65. The van der Waals surface area contributed by atoms with Crippen molar-refractivity contribution in [3.8, 4) is 0 Å². The van der Waals surface area contributed by atoms with Crippen LogP contribution < -0.4 is 0 Å². The average Bonchev–Trinajstić information content (AvgIpc) is 2.97. The summed E-state index contributed by atoms with van der Waals surface area (Å²) in [6.45, 7) is 12.5. The van der Waals surface area contributed by atoms with Gasteiger partial charge in [-0.25, -0.2) is 8.42 Å². The van der Waals surface area contributed by atoms with Crippen molar-refractivity contribution < 1.29 is 13.2 Å². The molecule has 0 atom stereocenters. The molecule has 6 nitrogen and oxygen atoms in total. The number of aromatic nitrogens is 1. The zero-order valence-electron chi connectivity index (χ0n) is 17.4. The summed E-state index contributed by atoms with van der Waals surface area (Å²) in [5, 5.41) is 0. The van der Waals surface area contributed by atoms with Crippen LogP contribution in [0.25, 0.3) is 0 Å². The Bertz CT molecular complexity index is 999. The minimum absolute atomic E-state index is 0.0725. The quantitative estimate of drug-likeness (QED) is 0.515. The molecule has 0 N–H and O–H groups in total. The van der Waals surface area contributed by atoms with Gasteiger partial charge in [-0.1, -0.05) is 23.8 Å². The van der Waals surface area contributed by atoms with Crippen molar-refractivity contribution in [3.63, 3.8) is 0 Å². The average molecular weight is 416 g/mol. The van der Waals surface area contributed by atoms with Gasteiger partial charge in [0.25, 0.3) is 0 Å². The van der Waals surface area contributed by atoms with Crippen molar-refractivity contribution in [2.24, 2.45) is 0 Å². The zero-order valence-corrected chi connectivity index (χ0v) is 18.2. The summed E-state index contributed by atoms with van der Waals surface area (Å²) in [5.74, 6) is 0.0725. The number of Topliss-reactive ketones (excluding diaryl/α,β-unsaturated/α-hetero) is 1. The van der Waals surface area contributed by atoms with Crippen molar-refractivity contribution in [2.75, 3.05) is 32.7 Å². The number of carbonyl (C=O) groups is 1. The Kier molecular flexibility index (Phi) is 6.41. The Hall–Kier alpha value is -2.22. The van der Waals surface area contributed by atoms with E-state index in [2.05, 4.69) is 11.1 Å². The number of nitrogens with zero attached hydrogens (tertiary/aromatic N) is 3. The summed E-state index contributed by atoms with van der Waals surface area (Å²) >= 11 is 0. The van der Waals surface area contributed by atoms with E-state index in [1.165, 1.54) is 4.31 Å². The van der Waals surface area contributed by atoms with Crippen molar-refractivity contribution >= 4 is 15.8 Å². The van der Waals surface area contributed by atoms with Crippen molar-refractivity contribution in [1.82, 2.24) is 13.8 Å². The highest BCUT2D eigenvalue weighted by atomic mass is 32.2. The summed E-state index contributed by atoms with van der Waals surface area (Å²) in [6, 6.07) is 8.85. The Balaban J connectivity index is 1.63. The Labute approximate surface area is 173 Å². The molecule has 0 amide bonds. The highest BCUT2D eigenvalue weighted by Crippen LogP contribution is 2.20. The zero-order chi connectivity index (χ0) is 21.2. The van der Waals surface area contributed by atoms with Crippen molar-refractivity contribution in [2.45, 2.75) is 32.2 Å². The van der Waals surface area contributed by atoms with Gasteiger partial charge in [0.15, 0.2) is 5.78 Å². The molecule has 2 aromatic rings. The lowest BCUT2D eigenvalue weighted by atomic mass is 10.1. The number of aryl methyl sites for hydroxylation is 2. The van der Waals surface area contributed by atoms with Gasteiger partial charge in [-0.2, -0.15) is 4.31 Å². The molecular weight excluding hydrogens is 386 g/mol. The fourth-order valence-electron chi connectivity index (χ4n) is 3.77. The molecule has 1 aromatic carbocycles. The van der Waals surface area contributed by atoms with Crippen LogP contribution in [-0.2, 0) is 16.6 Å². The third kappa shape index (κ3) is 4.52. The lowest BCUT2D eigenvalue weighted by Crippen LogP contribution is -2.49. The normalized spacial score (nSPS) is 16.1. The van der Waals surface area contributed by atoms with Crippen LogP contribution in [0.3, 0.4) is 0 Å². The topological polar surface area (TPSA) is 62.6 Å². The van der Waals surface area contributed by atoms with Gasteiger partial charge >= 0.3 is 0 Å². The predicted molar refractivity (Wildman–Crippen MR) is 115 cm³/mol.